The largest absolute Gasteiger partial charge is 0.496 e. The van der Waals surface area contributed by atoms with E-state index in [9.17, 15) is 9.59 Å². The molecular weight excluding hydrogens is 296 g/mol. The van der Waals surface area contributed by atoms with E-state index in [1.165, 1.54) is 25.5 Å². The summed E-state index contributed by atoms with van der Waals surface area (Å²) in [5.41, 5.74) is 1.85. The average Bonchev–Trinajstić information content (AvgIpc) is 2.55. The van der Waals surface area contributed by atoms with Gasteiger partial charge in [-0.1, -0.05) is 0 Å². The molecule has 0 spiro atoms. The van der Waals surface area contributed by atoms with Crippen LogP contribution in [0, 0.1) is 0 Å². The van der Waals surface area contributed by atoms with E-state index in [2.05, 4.69) is 20.6 Å². The van der Waals surface area contributed by atoms with Crippen molar-refractivity contribution >= 4 is 17.5 Å². The molecule has 7 heteroatoms. The fraction of sp³-hybridized carbons (Fsp3) is 0.250. The van der Waals surface area contributed by atoms with Gasteiger partial charge < -0.3 is 15.4 Å². The minimum atomic E-state index is -0.282. The van der Waals surface area contributed by atoms with Gasteiger partial charge >= 0.3 is 0 Å². The number of hydrogen-bond acceptors (Lipinski definition) is 5. The standard InChI is InChI=1S/C16H18N4O3/c1-11(21)20-13-3-4-15(23-2)12(9-13)5-6-19-16(22)14-10-17-7-8-18-14/h3-4,7-10H,5-6H2,1-2H3,(H,19,22)(H,20,21). The van der Waals surface area contributed by atoms with E-state index in [0.29, 0.717) is 24.4 Å². The molecule has 0 aliphatic carbocycles. The zero-order valence-corrected chi connectivity index (χ0v) is 13.0. The van der Waals surface area contributed by atoms with Gasteiger partial charge in [0.1, 0.15) is 11.4 Å². The Labute approximate surface area is 134 Å². The first-order valence-corrected chi connectivity index (χ1v) is 7.09. The molecule has 120 valence electrons. The summed E-state index contributed by atoms with van der Waals surface area (Å²) in [4.78, 5) is 30.8. The van der Waals surface area contributed by atoms with Gasteiger partial charge in [-0.05, 0) is 30.2 Å². The Bertz CT molecular complexity index is 689. The lowest BCUT2D eigenvalue weighted by Gasteiger charge is -2.11. The molecule has 0 saturated heterocycles. The van der Waals surface area contributed by atoms with Crippen LogP contribution in [0.1, 0.15) is 23.0 Å². The second-order valence-corrected chi connectivity index (χ2v) is 4.80. The van der Waals surface area contributed by atoms with E-state index >= 15 is 0 Å². The van der Waals surface area contributed by atoms with Crippen LogP contribution in [0.5, 0.6) is 5.75 Å². The minimum absolute atomic E-state index is 0.142. The summed E-state index contributed by atoms with van der Waals surface area (Å²) in [5, 5.41) is 5.50. The van der Waals surface area contributed by atoms with Gasteiger partial charge in [-0.25, -0.2) is 4.98 Å². The molecule has 1 heterocycles. The molecule has 0 aliphatic heterocycles. The molecule has 0 saturated carbocycles. The molecule has 0 radical (unpaired) electrons. The Balaban J connectivity index is 1.99. The van der Waals surface area contributed by atoms with Crippen molar-refractivity contribution < 1.29 is 14.3 Å². The highest BCUT2D eigenvalue weighted by molar-refractivity contribution is 5.91. The Morgan fingerprint density at radius 3 is 2.74 bits per heavy atom. The van der Waals surface area contributed by atoms with Crippen molar-refractivity contribution in [3.8, 4) is 5.75 Å². The van der Waals surface area contributed by atoms with Crippen molar-refractivity contribution in [2.45, 2.75) is 13.3 Å². The van der Waals surface area contributed by atoms with Gasteiger partial charge in [-0.2, -0.15) is 0 Å². The Morgan fingerprint density at radius 1 is 1.26 bits per heavy atom. The fourth-order valence-corrected chi connectivity index (χ4v) is 2.07. The summed E-state index contributed by atoms with van der Waals surface area (Å²) < 4.78 is 5.30. The maximum absolute atomic E-state index is 11.9. The number of carbonyl (C=O) groups excluding carboxylic acids is 2. The van der Waals surface area contributed by atoms with E-state index in [1.54, 1.807) is 19.2 Å². The molecule has 0 unspecified atom stereocenters. The van der Waals surface area contributed by atoms with E-state index in [0.717, 1.165) is 5.56 Å². The van der Waals surface area contributed by atoms with Crippen LogP contribution in [0.25, 0.3) is 0 Å². The molecular formula is C16H18N4O3. The molecule has 0 atom stereocenters. The average molecular weight is 314 g/mol. The summed E-state index contributed by atoms with van der Waals surface area (Å²) in [7, 11) is 1.58. The third-order valence-corrected chi connectivity index (χ3v) is 3.08. The lowest BCUT2D eigenvalue weighted by Crippen LogP contribution is -2.26. The lowest BCUT2D eigenvalue weighted by molar-refractivity contribution is -0.114. The first kappa shape index (κ1) is 16.4. The third kappa shape index (κ3) is 4.77. The predicted octanol–water partition coefficient (Wildman–Crippen LogP) is 1.42. The molecule has 2 amide bonds. The zero-order chi connectivity index (χ0) is 16.7. The van der Waals surface area contributed by atoms with E-state index in [4.69, 9.17) is 4.74 Å². The minimum Gasteiger partial charge on any atom is -0.496 e. The first-order chi connectivity index (χ1) is 11.1. The maximum atomic E-state index is 11.9. The molecule has 0 fully saturated rings. The van der Waals surface area contributed by atoms with Crippen molar-refractivity contribution in [2.75, 3.05) is 19.0 Å². The molecule has 0 bridgehead atoms. The van der Waals surface area contributed by atoms with Crippen LogP contribution in [-0.2, 0) is 11.2 Å². The topological polar surface area (TPSA) is 93.2 Å². The number of carbonyl (C=O) groups is 2. The van der Waals surface area contributed by atoms with Gasteiger partial charge in [0.15, 0.2) is 0 Å². The quantitative estimate of drug-likeness (QED) is 0.841. The van der Waals surface area contributed by atoms with Crippen molar-refractivity contribution in [2.24, 2.45) is 0 Å². The smallest absolute Gasteiger partial charge is 0.271 e. The molecule has 2 rings (SSSR count). The fourth-order valence-electron chi connectivity index (χ4n) is 2.07. The highest BCUT2D eigenvalue weighted by atomic mass is 16.5. The van der Waals surface area contributed by atoms with Crippen LogP contribution >= 0.6 is 0 Å². The molecule has 7 nitrogen and oxygen atoms in total. The van der Waals surface area contributed by atoms with E-state index in [1.807, 2.05) is 6.07 Å². The monoisotopic (exact) mass is 314 g/mol. The number of methoxy groups -OCH3 is 1. The van der Waals surface area contributed by atoms with Gasteiger partial charge in [0.25, 0.3) is 5.91 Å². The molecule has 1 aromatic heterocycles. The molecule has 2 aromatic rings. The highest BCUT2D eigenvalue weighted by Gasteiger charge is 2.09. The number of hydrogen-bond donors (Lipinski definition) is 2. The number of amides is 2. The second kappa shape index (κ2) is 7.88. The predicted molar refractivity (Wildman–Crippen MR) is 85.4 cm³/mol. The molecule has 23 heavy (non-hydrogen) atoms. The number of nitrogens with one attached hydrogen (secondary N) is 2. The van der Waals surface area contributed by atoms with Crippen LogP contribution in [0.3, 0.4) is 0 Å². The Kier molecular flexibility index (Phi) is 5.62. The lowest BCUT2D eigenvalue weighted by atomic mass is 10.1. The second-order valence-electron chi connectivity index (χ2n) is 4.80. The molecule has 2 N–H and O–H groups in total. The van der Waals surface area contributed by atoms with Gasteiger partial charge in [0.2, 0.25) is 5.91 Å². The normalized spacial score (nSPS) is 10.0. The number of nitrogens with zero attached hydrogens (tertiary/aromatic N) is 2. The number of benzene rings is 1. The zero-order valence-electron chi connectivity index (χ0n) is 13.0. The summed E-state index contributed by atoms with van der Waals surface area (Å²) in [5.74, 6) is 0.278. The summed E-state index contributed by atoms with van der Waals surface area (Å²) in [6.07, 6.45) is 4.94. The van der Waals surface area contributed by atoms with E-state index in [-0.39, 0.29) is 17.5 Å². The van der Waals surface area contributed by atoms with Crippen LogP contribution in [-0.4, -0.2) is 35.4 Å². The van der Waals surface area contributed by atoms with Crippen molar-refractivity contribution in [3.63, 3.8) is 0 Å². The number of ether oxygens (including phenoxy) is 1. The van der Waals surface area contributed by atoms with E-state index < -0.39 is 0 Å². The van der Waals surface area contributed by atoms with Crippen molar-refractivity contribution in [1.82, 2.24) is 15.3 Å². The summed E-state index contributed by atoms with van der Waals surface area (Å²) in [6, 6.07) is 5.38. The molecule has 1 aromatic carbocycles. The summed E-state index contributed by atoms with van der Waals surface area (Å²) >= 11 is 0. The number of aromatic nitrogens is 2. The van der Waals surface area contributed by atoms with Gasteiger partial charge in [0, 0.05) is 31.5 Å². The molecule has 0 aliphatic rings. The van der Waals surface area contributed by atoms with Crippen molar-refractivity contribution in [1.29, 1.82) is 0 Å². The number of anilines is 1. The number of rotatable bonds is 6. The first-order valence-electron chi connectivity index (χ1n) is 7.09. The highest BCUT2D eigenvalue weighted by Crippen LogP contribution is 2.23. The van der Waals surface area contributed by atoms with Crippen LogP contribution in [0.15, 0.2) is 36.8 Å². The van der Waals surface area contributed by atoms with Gasteiger partial charge in [0.05, 0.1) is 13.3 Å². The van der Waals surface area contributed by atoms with Gasteiger partial charge in [-0.15, -0.1) is 0 Å². The van der Waals surface area contributed by atoms with Crippen molar-refractivity contribution in [3.05, 3.63) is 48.0 Å². The Morgan fingerprint density at radius 2 is 2.09 bits per heavy atom. The SMILES string of the molecule is COc1ccc(NC(C)=O)cc1CCNC(=O)c1cnccn1. The maximum Gasteiger partial charge on any atom is 0.271 e. The van der Waals surface area contributed by atoms with Crippen LogP contribution in [0.4, 0.5) is 5.69 Å². The van der Waals surface area contributed by atoms with Crippen LogP contribution < -0.4 is 15.4 Å². The van der Waals surface area contributed by atoms with Crippen LogP contribution in [0.2, 0.25) is 0 Å². The Hall–Kier alpha value is -2.96. The third-order valence-electron chi connectivity index (χ3n) is 3.08. The summed E-state index contributed by atoms with van der Waals surface area (Å²) in [6.45, 7) is 1.86. The van der Waals surface area contributed by atoms with Gasteiger partial charge in [-0.3, -0.25) is 14.6 Å².